The quantitative estimate of drug-likeness (QED) is 0.774. The highest BCUT2D eigenvalue weighted by Crippen LogP contribution is 2.17. The Labute approximate surface area is 111 Å². The van der Waals surface area contributed by atoms with E-state index in [1.165, 1.54) is 25.9 Å². The van der Waals surface area contributed by atoms with Crippen molar-refractivity contribution in [2.45, 2.75) is 32.7 Å². The second-order valence-electron chi connectivity index (χ2n) is 4.90. The van der Waals surface area contributed by atoms with Gasteiger partial charge in [0.2, 0.25) is 5.91 Å². The van der Waals surface area contributed by atoms with Crippen LogP contribution in [0.4, 0.5) is 0 Å². The lowest BCUT2D eigenvalue weighted by molar-refractivity contribution is -0.120. The number of nitrogens with one attached hydrogen (secondary N) is 2. The van der Waals surface area contributed by atoms with Gasteiger partial charge in [-0.05, 0) is 45.8 Å². The molecule has 1 saturated heterocycles. The van der Waals surface area contributed by atoms with Crippen LogP contribution < -0.4 is 10.6 Å². The number of carbonyl (C=O) groups excluding carboxylic acids is 1. The van der Waals surface area contributed by atoms with Crippen LogP contribution in [0.15, 0.2) is 0 Å². The molecule has 102 valence electrons. The van der Waals surface area contributed by atoms with E-state index < -0.39 is 0 Å². The van der Waals surface area contributed by atoms with Gasteiger partial charge in [-0.1, -0.05) is 6.92 Å². The van der Waals surface area contributed by atoms with E-state index in [0.29, 0.717) is 12.6 Å². The molecule has 1 fully saturated rings. The predicted molar refractivity (Wildman–Crippen MR) is 73.6 cm³/mol. The fraction of sp³-hybridized carbons (Fsp3) is 0.917. The second-order valence-corrected chi connectivity index (χ2v) is 4.90. The molecule has 1 rings (SSSR count). The maximum absolute atomic E-state index is 11.3. The van der Waals surface area contributed by atoms with Crippen molar-refractivity contribution in [2.75, 3.05) is 33.2 Å². The number of hydrogen-bond acceptors (Lipinski definition) is 3. The number of likely N-dealkylation sites (N-methyl/N-ethyl adjacent to an activating group) is 1. The lowest BCUT2D eigenvalue weighted by atomic mass is 9.98. The fourth-order valence-corrected chi connectivity index (χ4v) is 2.08. The first kappa shape index (κ1) is 16.7. The Morgan fingerprint density at radius 3 is 2.53 bits per heavy atom. The van der Waals surface area contributed by atoms with Gasteiger partial charge in [-0.15, -0.1) is 12.4 Å². The fourth-order valence-electron chi connectivity index (χ4n) is 2.08. The molecule has 1 aliphatic heterocycles. The van der Waals surface area contributed by atoms with Crippen LogP contribution in [0.3, 0.4) is 0 Å². The summed E-state index contributed by atoms with van der Waals surface area (Å²) in [5, 5.41) is 5.80. The highest BCUT2D eigenvalue weighted by molar-refractivity contribution is 5.85. The van der Waals surface area contributed by atoms with E-state index in [1.54, 1.807) is 7.05 Å². The zero-order valence-corrected chi connectivity index (χ0v) is 12.0. The second kappa shape index (κ2) is 8.72. The minimum absolute atomic E-state index is 0. The van der Waals surface area contributed by atoms with Gasteiger partial charge < -0.3 is 10.6 Å². The van der Waals surface area contributed by atoms with Crippen molar-refractivity contribution in [2.24, 2.45) is 5.92 Å². The van der Waals surface area contributed by atoms with Crippen molar-refractivity contribution in [1.29, 1.82) is 0 Å². The van der Waals surface area contributed by atoms with Gasteiger partial charge in [0.25, 0.3) is 0 Å². The van der Waals surface area contributed by atoms with E-state index >= 15 is 0 Å². The molecule has 1 heterocycles. The summed E-state index contributed by atoms with van der Waals surface area (Å²) in [6, 6.07) is 0.452. The molecule has 17 heavy (non-hydrogen) atoms. The molecule has 1 aliphatic rings. The van der Waals surface area contributed by atoms with Gasteiger partial charge in [0.05, 0.1) is 6.54 Å². The van der Waals surface area contributed by atoms with Gasteiger partial charge in [-0.2, -0.15) is 0 Å². The average Bonchev–Trinajstić information content (AvgIpc) is 2.27. The molecule has 2 N–H and O–H groups in total. The van der Waals surface area contributed by atoms with Crippen LogP contribution in [0, 0.1) is 5.92 Å². The third-order valence-electron chi connectivity index (χ3n) is 3.37. The average molecular weight is 264 g/mol. The van der Waals surface area contributed by atoms with Crippen molar-refractivity contribution < 1.29 is 4.79 Å². The molecule has 0 radical (unpaired) electrons. The first-order chi connectivity index (χ1) is 7.63. The lowest BCUT2D eigenvalue weighted by Crippen LogP contribution is -2.46. The van der Waals surface area contributed by atoms with Gasteiger partial charge >= 0.3 is 0 Å². The molecule has 1 atom stereocenters. The summed E-state index contributed by atoms with van der Waals surface area (Å²) in [6.45, 7) is 8.01. The van der Waals surface area contributed by atoms with Crippen molar-refractivity contribution in [1.82, 2.24) is 15.5 Å². The van der Waals surface area contributed by atoms with Gasteiger partial charge in [-0.25, -0.2) is 0 Å². The molecule has 1 amide bonds. The lowest BCUT2D eigenvalue weighted by Gasteiger charge is -2.35. The van der Waals surface area contributed by atoms with Crippen molar-refractivity contribution in [3.8, 4) is 0 Å². The maximum atomic E-state index is 11.3. The van der Waals surface area contributed by atoms with Crippen LogP contribution in [0.25, 0.3) is 0 Å². The molecule has 0 aromatic heterocycles. The molecule has 0 aromatic rings. The van der Waals surface area contributed by atoms with Gasteiger partial charge in [0.1, 0.15) is 0 Å². The minimum atomic E-state index is 0. The van der Waals surface area contributed by atoms with Crippen LogP contribution in [-0.4, -0.2) is 50.1 Å². The molecule has 0 aliphatic carbocycles. The molecule has 0 bridgehead atoms. The summed E-state index contributed by atoms with van der Waals surface area (Å²) in [4.78, 5) is 13.8. The Morgan fingerprint density at radius 1 is 1.41 bits per heavy atom. The molecule has 4 nitrogen and oxygen atoms in total. The summed E-state index contributed by atoms with van der Waals surface area (Å²) >= 11 is 0. The molecule has 1 unspecified atom stereocenters. The van der Waals surface area contributed by atoms with Crippen molar-refractivity contribution in [3.63, 3.8) is 0 Å². The summed E-state index contributed by atoms with van der Waals surface area (Å²) in [5.74, 6) is 0.946. The number of piperidine rings is 1. The van der Waals surface area contributed by atoms with E-state index in [9.17, 15) is 4.79 Å². The van der Waals surface area contributed by atoms with E-state index in [1.807, 2.05) is 0 Å². The number of rotatable bonds is 5. The summed E-state index contributed by atoms with van der Waals surface area (Å²) in [6.07, 6.45) is 2.57. The largest absolute Gasteiger partial charge is 0.353 e. The highest BCUT2D eigenvalue weighted by Gasteiger charge is 2.20. The Morgan fingerprint density at radius 2 is 2.00 bits per heavy atom. The minimum Gasteiger partial charge on any atom is -0.353 e. The summed E-state index contributed by atoms with van der Waals surface area (Å²) < 4.78 is 0. The van der Waals surface area contributed by atoms with E-state index in [0.717, 1.165) is 12.5 Å². The Bertz CT molecular complexity index is 218. The first-order valence-corrected chi connectivity index (χ1v) is 6.28. The maximum Gasteiger partial charge on any atom is 0.234 e. The number of nitrogens with zero attached hydrogens (tertiary/aromatic N) is 1. The first-order valence-electron chi connectivity index (χ1n) is 6.28. The van der Waals surface area contributed by atoms with Crippen LogP contribution in [-0.2, 0) is 4.79 Å². The SMILES string of the molecule is CNCC(=O)NCC(C)N1CCC(C)CC1.Cl. The van der Waals surface area contributed by atoms with Crippen LogP contribution in [0.2, 0.25) is 0 Å². The topological polar surface area (TPSA) is 44.4 Å². The van der Waals surface area contributed by atoms with Crippen LogP contribution in [0.5, 0.6) is 0 Å². The molecular weight excluding hydrogens is 238 g/mol. The van der Waals surface area contributed by atoms with E-state index in [2.05, 4.69) is 29.4 Å². The van der Waals surface area contributed by atoms with E-state index in [4.69, 9.17) is 0 Å². The molecule has 0 aromatic carbocycles. The number of likely N-dealkylation sites (tertiary alicyclic amines) is 1. The summed E-state index contributed by atoms with van der Waals surface area (Å²) in [5.41, 5.74) is 0. The van der Waals surface area contributed by atoms with Gasteiger partial charge in [0, 0.05) is 12.6 Å². The number of amides is 1. The normalized spacial score (nSPS) is 19.5. The Balaban J connectivity index is 0.00000256. The summed E-state index contributed by atoms with van der Waals surface area (Å²) in [7, 11) is 1.79. The van der Waals surface area contributed by atoms with Crippen LogP contribution >= 0.6 is 12.4 Å². The monoisotopic (exact) mass is 263 g/mol. The number of hydrogen-bond donors (Lipinski definition) is 2. The predicted octanol–water partition coefficient (Wildman–Crippen LogP) is 0.864. The van der Waals surface area contributed by atoms with Gasteiger partial charge in [0.15, 0.2) is 0 Å². The third kappa shape index (κ3) is 6.24. The smallest absolute Gasteiger partial charge is 0.234 e. The highest BCUT2D eigenvalue weighted by atomic mass is 35.5. The molecular formula is C12H26ClN3O. The van der Waals surface area contributed by atoms with Crippen LogP contribution in [0.1, 0.15) is 26.7 Å². The third-order valence-corrected chi connectivity index (χ3v) is 3.37. The number of halogens is 1. The Kier molecular flexibility index (Phi) is 8.56. The number of carbonyl (C=O) groups is 1. The van der Waals surface area contributed by atoms with Crippen molar-refractivity contribution >= 4 is 18.3 Å². The van der Waals surface area contributed by atoms with Gasteiger partial charge in [-0.3, -0.25) is 9.69 Å². The Hall–Kier alpha value is -0.320. The standard InChI is InChI=1S/C12H25N3O.ClH/c1-10-4-6-15(7-5-10)11(2)8-14-12(16)9-13-3;/h10-11,13H,4-9H2,1-3H3,(H,14,16);1H. The van der Waals surface area contributed by atoms with E-state index in [-0.39, 0.29) is 18.3 Å². The zero-order valence-electron chi connectivity index (χ0n) is 11.2. The molecule has 5 heteroatoms. The van der Waals surface area contributed by atoms with Crippen molar-refractivity contribution in [3.05, 3.63) is 0 Å². The molecule has 0 spiro atoms. The molecule has 0 saturated carbocycles. The zero-order chi connectivity index (χ0) is 12.0.